The van der Waals surface area contributed by atoms with Gasteiger partial charge in [0.05, 0.1) is 6.54 Å². The van der Waals surface area contributed by atoms with Crippen LogP contribution in [0.1, 0.15) is 24.7 Å². The van der Waals surface area contributed by atoms with Gasteiger partial charge in [0.25, 0.3) is 0 Å². The number of benzene rings is 1. The summed E-state index contributed by atoms with van der Waals surface area (Å²) in [7, 11) is 0. The van der Waals surface area contributed by atoms with Crippen LogP contribution in [-0.2, 0) is 19.4 Å². The minimum atomic E-state index is 0.113. The molecular weight excluding hydrogens is 262 g/mol. The van der Waals surface area contributed by atoms with E-state index < -0.39 is 0 Å². The number of ether oxygens (including phenoxy) is 1. The van der Waals surface area contributed by atoms with Crippen LogP contribution in [0, 0.1) is 0 Å². The Morgan fingerprint density at radius 1 is 1.37 bits per heavy atom. The van der Waals surface area contributed by atoms with Crippen molar-refractivity contribution in [2.45, 2.75) is 38.8 Å². The maximum Gasteiger partial charge on any atom is 0.225 e. The Labute approximate surface area is 117 Å². The van der Waals surface area contributed by atoms with Gasteiger partial charge in [-0.3, -0.25) is 4.57 Å². The zero-order valence-electron chi connectivity index (χ0n) is 10.8. The van der Waals surface area contributed by atoms with Crippen LogP contribution in [-0.4, -0.2) is 20.9 Å². The fourth-order valence-electron chi connectivity index (χ4n) is 2.46. The Morgan fingerprint density at radius 2 is 2.21 bits per heavy atom. The zero-order chi connectivity index (χ0) is 13.2. The summed E-state index contributed by atoms with van der Waals surface area (Å²) in [6, 6.07) is 8.15. The highest BCUT2D eigenvalue weighted by molar-refractivity contribution is 6.28. The van der Waals surface area contributed by atoms with Crippen molar-refractivity contribution in [1.82, 2.24) is 14.8 Å². The molecule has 0 saturated carbocycles. The van der Waals surface area contributed by atoms with E-state index in [2.05, 4.69) is 23.2 Å². The van der Waals surface area contributed by atoms with E-state index >= 15 is 0 Å². The fraction of sp³-hybridized carbons (Fsp3) is 0.429. The monoisotopic (exact) mass is 277 g/mol. The number of hydrogen-bond donors (Lipinski definition) is 0. The molecule has 1 aliphatic rings. The third kappa shape index (κ3) is 2.45. The van der Waals surface area contributed by atoms with E-state index in [-0.39, 0.29) is 6.10 Å². The van der Waals surface area contributed by atoms with Crippen LogP contribution in [0.15, 0.2) is 24.3 Å². The van der Waals surface area contributed by atoms with Crippen LogP contribution >= 0.6 is 11.6 Å². The second kappa shape index (κ2) is 5.21. The molecular formula is C14H16ClN3O. The number of aryl methyl sites for hydroxylation is 1. The van der Waals surface area contributed by atoms with E-state index in [9.17, 15) is 0 Å². The molecule has 1 aliphatic heterocycles. The molecule has 0 amide bonds. The van der Waals surface area contributed by atoms with Crippen molar-refractivity contribution in [1.29, 1.82) is 0 Å². The van der Waals surface area contributed by atoms with Crippen molar-refractivity contribution in [3.63, 3.8) is 0 Å². The van der Waals surface area contributed by atoms with Gasteiger partial charge >= 0.3 is 0 Å². The van der Waals surface area contributed by atoms with Crippen LogP contribution in [0.25, 0.3) is 0 Å². The lowest BCUT2D eigenvalue weighted by atomic mass is 10.1. The number of nitrogens with zero attached hydrogens (tertiary/aromatic N) is 3. The zero-order valence-corrected chi connectivity index (χ0v) is 11.6. The Kier molecular flexibility index (Phi) is 3.42. The van der Waals surface area contributed by atoms with Gasteiger partial charge in [-0.05, 0) is 29.7 Å². The van der Waals surface area contributed by atoms with Gasteiger partial charge in [0.15, 0.2) is 0 Å². The number of halogens is 1. The molecule has 0 saturated heterocycles. The van der Waals surface area contributed by atoms with Gasteiger partial charge in [0.2, 0.25) is 5.28 Å². The van der Waals surface area contributed by atoms with Crippen molar-refractivity contribution in [2.24, 2.45) is 0 Å². The van der Waals surface area contributed by atoms with Crippen LogP contribution < -0.4 is 4.74 Å². The quantitative estimate of drug-likeness (QED) is 0.863. The number of fused-ring (bicyclic) bond motifs is 1. The van der Waals surface area contributed by atoms with E-state index in [1.807, 2.05) is 22.8 Å². The Hall–Kier alpha value is -1.55. The highest BCUT2D eigenvalue weighted by atomic mass is 35.5. The molecule has 1 atom stereocenters. The predicted octanol–water partition coefficient (Wildman–Crippen LogP) is 2.89. The third-order valence-corrected chi connectivity index (χ3v) is 3.64. The van der Waals surface area contributed by atoms with E-state index in [0.29, 0.717) is 11.8 Å². The first-order valence-electron chi connectivity index (χ1n) is 6.60. The highest BCUT2D eigenvalue weighted by Gasteiger charge is 2.24. The molecule has 0 aliphatic carbocycles. The molecule has 3 rings (SSSR count). The van der Waals surface area contributed by atoms with E-state index in [1.54, 1.807) is 0 Å². The molecule has 0 fully saturated rings. The predicted molar refractivity (Wildman–Crippen MR) is 73.6 cm³/mol. The molecule has 1 aromatic heterocycles. The summed E-state index contributed by atoms with van der Waals surface area (Å²) in [5.41, 5.74) is 1.26. The van der Waals surface area contributed by atoms with Crippen LogP contribution in [0.3, 0.4) is 0 Å². The molecule has 19 heavy (non-hydrogen) atoms. The summed E-state index contributed by atoms with van der Waals surface area (Å²) >= 11 is 6.10. The molecule has 0 radical (unpaired) electrons. The number of hydrogen-bond acceptors (Lipinski definition) is 3. The third-order valence-electron chi connectivity index (χ3n) is 3.36. The Balaban J connectivity index is 1.75. The van der Waals surface area contributed by atoms with Crippen molar-refractivity contribution in [2.75, 3.05) is 0 Å². The van der Waals surface area contributed by atoms with Gasteiger partial charge in [0.1, 0.15) is 17.7 Å². The molecule has 0 bridgehead atoms. The minimum Gasteiger partial charge on any atom is -0.488 e. The number of para-hydroxylation sites is 1. The van der Waals surface area contributed by atoms with E-state index in [1.165, 1.54) is 5.56 Å². The summed E-state index contributed by atoms with van der Waals surface area (Å²) in [4.78, 5) is 0. The minimum absolute atomic E-state index is 0.113. The van der Waals surface area contributed by atoms with Crippen LogP contribution in [0.5, 0.6) is 5.75 Å². The lowest BCUT2D eigenvalue weighted by molar-refractivity contribution is 0.207. The molecule has 1 unspecified atom stereocenters. The van der Waals surface area contributed by atoms with Gasteiger partial charge in [-0.25, -0.2) is 0 Å². The number of aromatic nitrogens is 3. The van der Waals surface area contributed by atoms with Crippen LogP contribution in [0.2, 0.25) is 5.28 Å². The highest BCUT2D eigenvalue weighted by Crippen LogP contribution is 2.29. The molecule has 4 nitrogen and oxygen atoms in total. The van der Waals surface area contributed by atoms with E-state index in [0.717, 1.165) is 30.8 Å². The van der Waals surface area contributed by atoms with Crippen molar-refractivity contribution in [3.8, 4) is 5.75 Å². The molecule has 5 heteroatoms. The standard InChI is InChI=1S/C14H16ClN3O/c1-2-5-13-16-17-14(15)18(13)9-11-8-10-6-3-4-7-12(10)19-11/h3-4,6-7,11H,2,5,8-9H2,1H3. The van der Waals surface area contributed by atoms with Crippen molar-refractivity contribution < 1.29 is 4.74 Å². The lowest BCUT2D eigenvalue weighted by Gasteiger charge is -2.13. The Bertz CT molecular complexity index is 557. The summed E-state index contributed by atoms with van der Waals surface area (Å²) in [5, 5.41) is 8.52. The fourth-order valence-corrected chi connectivity index (χ4v) is 2.67. The van der Waals surface area contributed by atoms with Gasteiger partial charge in [-0.15, -0.1) is 10.2 Å². The lowest BCUT2D eigenvalue weighted by Crippen LogP contribution is -2.22. The molecule has 1 aromatic carbocycles. The normalized spacial score (nSPS) is 17.3. The summed E-state index contributed by atoms with van der Waals surface area (Å²) < 4.78 is 7.89. The van der Waals surface area contributed by atoms with Gasteiger partial charge in [-0.2, -0.15) is 0 Å². The van der Waals surface area contributed by atoms with Crippen molar-refractivity contribution in [3.05, 3.63) is 40.9 Å². The second-order valence-electron chi connectivity index (χ2n) is 4.80. The molecule has 2 aromatic rings. The average molecular weight is 278 g/mol. The maximum atomic E-state index is 6.10. The van der Waals surface area contributed by atoms with Gasteiger partial charge in [-0.1, -0.05) is 25.1 Å². The molecule has 0 spiro atoms. The molecule has 100 valence electrons. The summed E-state index contributed by atoms with van der Waals surface area (Å²) in [5.74, 6) is 1.92. The van der Waals surface area contributed by atoms with Gasteiger partial charge < -0.3 is 4.74 Å². The van der Waals surface area contributed by atoms with Crippen molar-refractivity contribution >= 4 is 11.6 Å². The van der Waals surface area contributed by atoms with Crippen LogP contribution in [0.4, 0.5) is 0 Å². The smallest absolute Gasteiger partial charge is 0.225 e. The van der Waals surface area contributed by atoms with E-state index in [4.69, 9.17) is 16.3 Å². The number of rotatable bonds is 4. The SMILES string of the molecule is CCCc1nnc(Cl)n1CC1Cc2ccccc2O1. The summed E-state index contributed by atoms with van der Waals surface area (Å²) in [6.07, 6.45) is 2.94. The molecule has 0 N–H and O–H groups in total. The summed E-state index contributed by atoms with van der Waals surface area (Å²) in [6.45, 7) is 2.82. The van der Waals surface area contributed by atoms with Gasteiger partial charge in [0, 0.05) is 12.8 Å². The first kappa shape index (κ1) is 12.5. The molecule has 2 heterocycles. The first-order chi connectivity index (χ1) is 9.28. The largest absolute Gasteiger partial charge is 0.488 e. The maximum absolute atomic E-state index is 6.10. The topological polar surface area (TPSA) is 39.9 Å². The second-order valence-corrected chi connectivity index (χ2v) is 5.14. The average Bonchev–Trinajstić information content (AvgIpc) is 2.96. The Morgan fingerprint density at radius 3 is 3.00 bits per heavy atom. The first-order valence-corrected chi connectivity index (χ1v) is 6.98.